The van der Waals surface area contributed by atoms with Gasteiger partial charge in [-0.3, -0.25) is 0 Å². The van der Waals surface area contributed by atoms with E-state index in [0.29, 0.717) is 23.2 Å². The van der Waals surface area contributed by atoms with Crippen molar-refractivity contribution in [2.45, 2.75) is 49.8 Å². The SMILES string of the molecule is CC(SC(F)C(F)F)c1cccc(C(C)C2CC2)c1O. The van der Waals surface area contributed by atoms with Gasteiger partial charge in [-0.25, -0.2) is 13.2 Å². The maximum Gasteiger partial charge on any atom is 0.278 e. The zero-order chi connectivity index (χ0) is 14.9. The van der Waals surface area contributed by atoms with Gasteiger partial charge in [0.1, 0.15) is 5.75 Å². The molecule has 1 aromatic rings. The van der Waals surface area contributed by atoms with Crippen molar-refractivity contribution >= 4 is 11.8 Å². The van der Waals surface area contributed by atoms with Crippen LogP contribution in [0, 0.1) is 5.92 Å². The van der Waals surface area contributed by atoms with Crippen molar-refractivity contribution in [2.75, 3.05) is 0 Å². The van der Waals surface area contributed by atoms with E-state index in [2.05, 4.69) is 6.92 Å². The molecule has 1 N–H and O–H groups in total. The summed E-state index contributed by atoms with van der Waals surface area (Å²) in [5, 5.41) is 9.83. The molecule has 1 aromatic carbocycles. The number of hydrogen-bond donors (Lipinski definition) is 1. The minimum absolute atomic E-state index is 0.133. The molecule has 112 valence electrons. The molecule has 20 heavy (non-hydrogen) atoms. The second-order valence-corrected chi connectivity index (χ2v) is 6.80. The molecule has 3 unspecified atom stereocenters. The minimum atomic E-state index is -3.00. The molecule has 3 atom stereocenters. The topological polar surface area (TPSA) is 20.2 Å². The highest BCUT2D eigenvalue weighted by Gasteiger charge is 2.31. The lowest BCUT2D eigenvalue weighted by atomic mass is 9.93. The Morgan fingerprint density at radius 3 is 2.30 bits per heavy atom. The fraction of sp³-hybridized carbons (Fsp3) is 0.600. The van der Waals surface area contributed by atoms with Crippen molar-refractivity contribution in [1.29, 1.82) is 0 Å². The zero-order valence-corrected chi connectivity index (χ0v) is 12.3. The molecule has 0 aromatic heterocycles. The molecule has 2 rings (SSSR count). The summed E-state index contributed by atoms with van der Waals surface area (Å²) in [4.78, 5) is 0. The molecule has 0 heterocycles. The Kier molecular flexibility index (Phi) is 4.89. The number of phenols is 1. The largest absolute Gasteiger partial charge is 0.507 e. The van der Waals surface area contributed by atoms with Crippen molar-refractivity contribution in [3.63, 3.8) is 0 Å². The first-order chi connectivity index (χ1) is 9.41. The molecule has 0 spiro atoms. The van der Waals surface area contributed by atoms with E-state index in [1.165, 1.54) is 0 Å². The summed E-state index contributed by atoms with van der Waals surface area (Å²) < 4.78 is 37.7. The summed E-state index contributed by atoms with van der Waals surface area (Å²) in [5.41, 5.74) is -0.859. The molecule has 1 fully saturated rings. The minimum Gasteiger partial charge on any atom is -0.507 e. The molecule has 1 saturated carbocycles. The molecule has 0 radical (unpaired) electrons. The Labute approximate surface area is 121 Å². The number of rotatable bonds is 6. The summed E-state index contributed by atoms with van der Waals surface area (Å²) in [6.45, 7) is 3.70. The Balaban J connectivity index is 2.17. The fourth-order valence-electron chi connectivity index (χ4n) is 2.45. The van der Waals surface area contributed by atoms with E-state index in [-0.39, 0.29) is 11.7 Å². The third-order valence-electron chi connectivity index (χ3n) is 3.89. The number of para-hydroxylation sites is 1. The zero-order valence-electron chi connectivity index (χ0n) is 11.5. The number of thioether (sulfide) groups is 1. The predicted octanol–water partition coefficient (Wildman–Crippen LogP) is 5.26. The molecular weight excluding hydrogens is 285 g/mol. The van der Waals surface area contributed by atoms with Gasteiger partial charge < -0.3 is 5.11 Å². The number of halogens is 3. The first kappa shape index (κ1) is 15.5. The Hall–Kier alpha value is -0.840. The number of phenolic OH excluding ortho intramolecular Hbond substituents is 1. The summed E-state index contributed by atoms with van der Waals surface area (Å²) in [7, 11) is 0. The van der Waals surface area contributed by atoms with Crippen LogP contribution < -0.4 is 0 Å². The Morgan fingerprint density at radius 1 is 1.15 bits per heavy atom. The van der Waals surface area contributed by atoms with Gasteiger partial charge in [-0.2, -0.15) is 0 Å². The number of alkyl halides is 3. The van der Waals surface area contributed by atoms with E-state index in [1.54, 1.807) is 19.1 Å². The van der Waals surface area contributed by atoms with Gasteiger partial charge in [0.25, 0.3) is 6.43 Å². The quantitative estimate of drug-likeness (QED) is 0.773. The van der Waals surface area contributed by atoms with Crippen LogP contribution in [0.2, 0.25) is 0 Å². The second-order valence-electron chi connectivity index (χ2n) is 5.38. The van der Waals surface area contributed by atoms with Crippen molar-refractivity contribution in [3.05, 3.63) is 29.3 Å². The van der Waals surface area contributed by atoms with Crippen molar-refractivity contribution < 1.29 is 18.3 Å². The maximum atomic E-state index is 13.1. The second kappa shape index (κ2) is 6.29. The van der Waals surface area contributed by atoms with Gasteiger partial charge in [-0.1, -0.05) is 25.1 Å². The van der Waals surface area contributed by atoms with Crippen molar-refractivity contribution in [2.24, 2.45) is 5.92 Å². The lowest BCUT2D eigenvalue weighted by Crippen LogP contribution is -2.09. The van der Waals surface area contributed by atoms with Crippen LogP contribution in [0.5, 0.6) is 5.75 Å². The van der Waals surface area contributed by atoms with Crippen LogP contribution >= 0.6 is 11.8 Å². The van der Waals surface area contributed by atoms with Gasteiger partial charge in [0, 0.05) is 10.8 Å². The average Bonchev–Trinajstić information content (AvgIpc) is 3.22. The lowest BCUT2D eigenvalue weighted by molar-refractivity contribution is 0.0950. The molecule has 5 heteroatoms. The standard InChI is InChI=1S/C15H19F3OS/c1-8(10-6-7-10)11-4-3-5-12(13(11)19)9(2)20-15(18)14(16)17/h3-5,8-10,14-15,19H,6-7H2,1-2H3. The summed E-state index contributed by atoms with van der Waals surface area (Å²) in [6, 6.07) is 5.34. The van der Waals surface area contributed by atoms with Crippen LogP contribution in [0.3, 0.4) is 0 Å². The highest BCUT2D eigenvalue weighted by atomic mass is 32.2. The van der Waals surface area contributed by atoms with Crippen molar-refractivity contribution in [3.8, 4) is 5.75 Å². The maximum absolute atomic E-state index is 13.1. The molecule has 1 aliphatic rings. The molecule has 0 amide bonds. The third-order valence-corrected chi connectivity index (χ3v) is 5.02. The van der Waals surface area contributed by atoms with Gasteiger partial charge in [0.05, 0.1) is 0 Å². The van der Waals surface area contributed by atoms with Crippen LogP contribution in [0.25, 0.3) is 0 Å². The highest BCUT2D eigenvalue weighted by molar-refractivity contribution is 8.00. The van der Waals surface area contributed by atoms with Crippen LogP contribution in [0.1, 0.15) is 49.0 Å². The van der Waals surface area contributed by atoms with E-state index < -0.39 is 17.2 Å². The van der Waals surface area contributed by atoms with Gasteiger partial charge in [-0.15, -0.1) is 11.8 Å². The monoisotopic (exact) mass is 304 g/mol. The van der Waals surface area contributed by atoms with Crippen LogP contribution in [-0.4, -0.2) is 17.0 Å². The number of benzene rings is 1. The van der Waals surface area contributed by atoms with E-state index >= 15 is 0 Å². The van der Waals surface area contributed by atoms with Crippen LogP contribution in [0.15, 0.2) is 18.2 Å². The highest BCUT2D eigenvalue weighted by Crippen LogP contribution is 2.47. The van der Waals surface area contributed by atoms with Crippen molar-refractivity contribution in [1.82, 2.24) is 0 Å². The summed E-state index contributed by atoms with van der Waals surface area (Å²) in [6.07, 6.45) is -0.682. The first-order valence-corrected chi connectivity index (χ1v) is 7.75. The smallest absolute Gasteiger partial charge is 0.278 e. The van der Waals surface area contributed by atoms with Gasteiger partial charge >= 0.3 is 0 Å². The van der Waals surface area contributed by atoms with E-state index in [1.807, 2.05) is 6.07 Å². The Bertz CT molecular complexity index is 462. The molecule has 0 bridgehead atoms. The van der Waals surface area contributed by atoms with E-state index in [4.69, 9.17) is 0 Å². The predicted molar refractivity (Wildman–Crippen MR) is 76.2 cm³/mol. The fourth-order valence-corrected chi connectivity index (χ4v) is 3.30. The van der Waals surface area contributed by atoms with Crippen LogP contribution in [-0.2, 0) is 0 Å². The molecule has 0 saturated heterocycles. The first-order valence-electron chi connectivity index (χ1n) is 6.81. The molecule has 0 aliphatic heterocycles. The summed E-state index contributed by atoms with van der Waals surface area (Å²) >= 11 is 0.543. The summed E-state index contributed by atoms with van der Waals surface area (Å²) in [5.74, 6) is 0.978. The number of aromatic hydroxyl groups is 1. The molecule has 1 nitrogen and oxygen atoms in total. The third kappa shape index (κ3) is 3.43. The normalized spacial score (nSPS) is 19.9. The van der Waals surface area contributed by atoms with Crippen LogP contribution in [0.4, 0.5) is 13.2 Å². The van der Waals surface area contributed by atoms with Gasteiger partial charge in [0.2, 0.25) is 5.50 Å². The molecular formula is C15H19F3OS. The lowest BCUT2D eigenvalue weighted by Gasteiger charge is -2.20. The van der Waals surface area contributed by atoms with Gasteiger partial charge in [0.15, 0.2) is 0 Å². The number of hydrogen-bond acceptors (Lipinski definition) is 2. The average molecular weight is 304 g/mol. The molecule has 1 aliphatic carbocycles. The van der Waals surface area contributed by atoms with E-state index in [9.17, 15) is 18.3 Å². The Morgan fingerprint density at radius 2 is 1.75 bits per heavy atom. The van der Waals surface area contributed by atoms with Gasteiger partial charge in [-0.05, 0) is 37.2 Å². The van der Waals surface area contributed by atoms with E-state index in [0.717, 1.165) is 18.4 Å².